The number of nitrogens with two attached hydrogens (primary N) is 1. The van der Waals surface area contributed by atoms with Crippen LogP contribution in [0.25, 0.3) is 0 Å². The molecule has 2 nitrogen and oxygen atoms in total. The third kappa shape index (κ3) is 2.13. The summed E-state index contributed by atoms with van der Waals surface area (Å²) in [4.78, 5) is 0. The first kappa shape index (κ1) is 11.2. The van der Waals surface area contributed by atoms with Gasteiger partial charge in [-0.1, -0.05) is 17.7 Å². The van der Waals surface area contributed by atoms with E-state index in [1.165, 1.54) is 0 Å². The van der Waals surface area contributed by atoms with Crippen molar-refractivity contribution in [2.75, 3.05) is 0 Å². The molecule has 2 N–H and O–H groups in total. The largest absolute Gasteiger partial charge is 0.464 e. The van der Waals surface area contributed by atoms with E-state index in [1.807, 2.05) is 44.2 Å². The molecule has 0 aliphatic rings. The Morgan fingerprint density at radius 1 is 1.19 bits per heavy atom. The van der Waals surface area contributed by atoms with Gasteiger partial charge in [0.2, 0.25) is 0 Å². The van der Waals surface area contributed by atoms with Crippen LogP contribution in [-0.4, -0.2) is 0 Å². The Bertz CT molecular complexity index is 504. The lowest BCUT2D eigenvalue weighted by atomic mass is 10.0. The lowest BCUT2D eigenvalue weighted by Crippen LogP contribution is -2.12. The van der Waals surface area contributed by atoms with Crippen LogP contribution in [0.15, 0.2) is 34.7 Å². The Morgan fingerprint density at radius 2 is 1.94 bits per heavy atom. The highest BCUT2D eigenvalue weighted by Crippen LogP contribution is 2.26. The molecule has 1 unspecified atom stereocenters. The predicted octanol–water partition coefficient (Wildman–Crippen LogP) is 3.60. The molecule has 1 aromatic heterocycles. The third-order valence-corrected chi connectivity index (χ3v) is 2.88. The molecule has 1 atom stereocenters. The van der Waals surface area contributed by atoms with Crippen LogP contribution in [0.1, 0.15) is 28.7 Å². The van der Waals surface area contributed by atoms with Crippen LogP contribution in [0.5, 0.6) is 0 Å². The maximum Gasteiger partial charge on any atom is 0.125 e. The number of hydrogen-bond donors (Lipinski definition) is 1. The van der Waals surface area contributed by atoms with Gasteiger partial charge in [-0.3, -0.25) is 0 Å². The molecular formula is C13H14ClNO. The van der Waals surface area contributed by atoms with Crippen LogP contribution in [0, 0.1) is 13.8 Å². The molecular weight excluding hydrogens is 222 g/mol. The van der Waals surface area contributed by atoms with E-state index in [9.17, 15) is 0 Å². The number of furan rings is 1. The van der Waals surface area contributed by atoms with Crippen molar-refractivity contribution in [2.45, 2.75) is 19.9 Å². The number of aryl methyl sites for hydroxylation is 2. The fourth-order valence-electron chi connectivity index (χ4n) is 1.72. The van der Waals surface area contributed by atoms with E-state index >= 15 is 0 Å². The minimum atomic E-state index is -0.257. The van der Waals surface area contributed by atoms with Crippen LogP contribution < -0.4 is 5.73 Å². The number of rotatable bonds is 2. The average molecular weight is 236 g/mol. The van der Waals surface area contributed by atoms with Crippen molar-refractivity contribution >= 4 is 11.6 Å². The van der Waals surface area contributed by atoms with E-state index in [0.29, 0.717) is 5.02 Å². The fraction of sp³-hybridized carbons (Fsp3) is 0.231. The van der Waals surface area contributed by atoms with Crippen LogP contribution in [0.3, 0.4) is 0 Å². The standard InChI is InChI=1S/C13H14ClNO/c1-8-3-5-10(14)7-11(8)13(15)12-6-4-9(2)16-12/h3-7,13H,15H2,1-2H3. The first-order valence-electron chi connectivity index (χ1n) is 5.16. The Morgan fingerprint density at radius 3 is 2.56 bits per heavy atom. The lowest BCUT2D eigenvalue weighted by Gasteiger charge is -2.12. The molecule has 2 aromatic rings. The molecule has 0 fully saturated rings. The van der Waals surface area contributed by atoms with Gasteiger partial charge in [0.05, 0.1) is 6.04 Å². The van der Waals surface area contributed by atoms with Gasteiger partial charge < -0.3 is 10.2 Å². The minimum Gasteiger partial charge on any atom is -0.464 e. The summed E-state index contributed by atoms with van der Waals surface area (Å²) in [5.41, 5.74) is 8.27. The van der Waals surface area contributed by atoms with Crippen molar-refractivity contribution in [3.63, 3.8) is 0 Å². The van der Waals surface area contributed by atoms with E-state index in [2.05, 4.69) is 0 Å². The van der Waals surface area contributed by atoms with Gasteiger partial charge in [-0.25, -0.2) is 0 Å². The zero-order valence-corrected chi connectivity index (χ0v) is 10.1. The Hall–Kier alpha value is -1.25. The van der Waals surface area contributed by atoms with E-state index in [-0.39, 0.29) is 6.04 Å². The van der Waals surface area contributed by atoms with Crippen molar-refractivity contribution in [3.8, 4) is 0 Å². The summed E-state index contributed by atoms with van der Waals surface area (Å²) in [5, 5.41) is 0.694. The molecule has 0 amide bonds. The highest BCUT2D eigenvalue weighted by molar-refractivity contribution is 6.30. The maximum atomic E-state index is 6.15. The number of benzene rings is 1. The topological polar surface area (TPSA) is 39.2 Å². The van der Waals surface area contributed by atoms with Crippen LogP contribution >= 0.6 is 11.6 Å². The molecule has 0 saturated heterocycles. The van der Waals surface area contributed by atoms with E-state index in [1.54, 1.807) is 0 Å². The second kappa shape index (κ2) is 4.32. The van der Waals surface area contributed by atoms with Gasteiger partial charge >= 0.3 is 0 Å². The molecule has 1 heterocycles. The Labute approximate surface area is 100 Å². The minimum absolute atomic E-state index is 0.257. The second-order valence-corrected chi connectivity index (χ2v) is 4.36. The lowest BCUT2D eigenvalue weighted by molar-refractivity contribution is 0.466. The van der Waals surface area contributed by atoms with Gasteiger partial charge in [-0.05, 0) is 49.2 Å². The third-order valence-electron chi connectivity index (χ3n) is 2.64. The summed E-state index contributed by atoms with van der Waals surface area (Å²) in [6.07, 6.45) is 0. The summed E-state index contributed by atoms with van der Waals surface area (Å²) >= 11 is 5.97. The van der Waals surface area contributed by atoms with Gasteiger partial charge in [0, 0.05) is 5.02 Å². The SMILES string of the molecule is Cc1ccc(C(N)c2cc(Cl)ccc2C)o1. The van der Waals surface area contributed by atoms with E-state index < -0.39 is 0 Å². The Balaban J connectivity index is 2.40. The van der Waals surface area contributed by atoms with Crippen molar-refractivity contribution < 1.29 is 4.42 Å². The maximum absolute atomic E-state index is 6.15. The summed E-state index contributed by atoms with van der Waals surface area (Å²) in [6, 6.07) is 9.27. The van der Waals surface area contributed by atoms with Gasteiger partial charge in [0.25, 0.3) is 0 Å². The molecule has 0 aliphatic heterocycles. The van der Waals surface area contributed by atoms with Gasteiger partial charge in [0.1, 0.15) is 11.5 Å². The molecule has 16 heavy (non-hydrogen) atoms. The summed E-state index contributed by atoms with van der Waals surface area (Å²) < 4.78 is 5.53. The van der Waals surface area contributed by atoms with Crippen LogP contribution in [0.2, 0.25) is 5.02 Å². The highest BCUT2D eigenvalue weighted by atomic mass is 35.5. The number of hydrogen-bond acceptors (Lipinski definition) is 2. The average Bonchev–Trinajstić information content (AvgIpc) is 2.67. The molecule has 0 bridgehead atoms. The predicted molar refractivity (Wildman–Crippen MR) is 65.7 cm³/mol. The first-order valence-corrected chi connectivity index (χ1v) is 5.53. The second-order valence-electron chi connectivity index (χ2n) is 3.93. The van der Waals surface area contributed by atoms with Crippen LogP contribution in [-0.2, 0) is 0 Å². The normalized spacial score (nSPS) is 12.8. The zero-order valence-electron chi connectivity index (χ0n) is 9.33. The molecule has 3 heteroatoms. The van der Waals surface area contributed by atoms with Crippen molar-refractivity contribution in [1.82, 2.24) is 0 Å². The molecule has 0 aliphatic carbocycles. The van der Waals surface area contributed by atoms with Gasteiger partial charge in [-0.15, -0.1) is 0 Å². The van der Waals surface area contributed by atoms with Gasteiger partial charge in [0.15, 0.2) is 0 Å². The summed E-state index contributed by atoms with van der Waals surface area (Å²) in [7, 11) is 0. The zero-order chi connectivity index (χ0) is 11.7. The highest BCUT2D eigenvalue weighted by Gasteiger charge is 2.14. The van der Waals surface area contributed by atoms with E-state index in [4.69, 9.17) is 21.8 Å². The Kier molecular flexibility index (Phi) is 3.03. The van der Waals surface area contributed by atoms with Crippen molar-refractivity contribution in [1.29, 1.82) is 0 Å². The number of halogens is 1. The van der Waals surface area contributed by atoms with Crippen LogP contribution in [0.4, 0.5) is 0 Å². The van der Waals surface area contributed by atoms with Crippen molar-refractivity contribution in [3.05, 3.63) is 58.0 Å². The smallest absolute Gasteiger partial charge is 0.125 e. The van der Waals surface area contributed by atoms with Gasteiger partial charge in [-0.2, -0.15) is 0 Å². The monoisotopic (exact) mass is 235 g/mol. The first-order chi connectivity index (χ1) is 7.58. The fourth-order valence-corrected chi connectivity index (χ4v) is 1.90. The molecule has 84 valence electrons. The molecule has 0 saturated carbocycles. The molecule has 2 rings (SSSR count). The molecule has 0 radical (unpaired) electrons. The quantitative estimate of drug-likeness (QED) is 0.864. The van der Waals surface area contributed by atoms with Crippen molar-refractivity contribution in [2.24, 2.45) is 5.73 Å². The molecule has 1 aromatic carbocycles. The molecule has 0 spiro atoms. The summed E-state index contributed by atoms with van der Waals surface area (Å²) in [6.45, 7) is 3.92. The summed E-state index contributed by atoms with van der Waals surface area (Å²) in [5.74, 6) is 1.63. The van der Waals surface area contributed by atoms with E-state index in [0.717, 1.165) is 22.6 Å².